The summed E-state index contributed by atoms with van der Waals surface area (Å²) in [5, 5.41) is 12.5. The normalized spacial score (nSPS) is 11.7. The molecule has 26 heavy (non-hydrogen) atoms. The number of hydrogen-bond donors (Lipinski definition) is 1. The number of halogens is 1. The van der Waals surface area contributed by atoms with Gasteiger partial charge in [-0.2, -0.15) is 10.2 Å². The molecule has 0 unspecified atom stereocenters. The average molecular weight is 374 g/mol. The van der Waals surface area contributed by atoms with Crippen LogP contribution in [0.3, 0.4) is 0 Å². The van der Waals surface area contributed by atoms with Crippen LogP contribution in [0.2, 0.25) is 5.02 Å². The number of anilines is 1. The van der Waals surface area contributed by atoms with E-state index in [1.165, 1.54) is 4.68 Å². The zero-order valence-electron chi connectivity index (χ0n) is 15.1. The van der Waals surface area contributed by atoms with Gasteiger partial charge in [0.1, 0.15) is 12.1 Å². The lowest BCUT2D eigenvalue weighted by atomic mass is 10.1. The molecular formula is C18H20ClN5O2. The van der Waals surface area contributed by atoms with E-state index in [9.17, 15) is 9.59 Å². The Morgan fingerprint density at radius 1 is 1.31 bits per heavy atom. The Morgan fingerprint density at radius 3 is 2.69 bits per heavy atom. The fourth-order valence-corrected chi connectivity index (χ4v) is 2.93. The number of nitrogens with one attached hydrogen (secondary N) is 1. The second kappa shape index (κ2) is 6.57. The Labute approximate surface area is 155 Å². The van der Waals surface area contributed by atoms with Gasteiger partial charge in [-0.1, -0.05) is 17.7 Å². The zero-order valence-corrected chi connectivity index (χ0v) is 15.8. The Morgan fingerprint density at radius 2 is 2.04 bits per heavy atom. The minimum Gasteiger partial charge on any atom is -0.324 e. The van der Waals surface area contributed by atoms with Crippen LogP contribution in [0.4, 0.5) is 5.69 Å². The number of carbonyl (C=O) groups is 1. The van der Waals surface area contributed by atoms with Crippen LogP contribution in [0.25, 0.3) is 10.9 Å². The molecule has 0 radical (unpaired) electrons. The predicted octanol–water partition coefficient (Wildman–Crippen LogP) is 2.95. The number of hydrogen-bond acceptors (Lipinski definition) is 4. The lowest BCUT2D eigenvalue weighted by Gasteiger charge is -2.20. The van der Waals surface area contributed by atoms with Gasteiger partial charge in [0.15, 0.2) is 0 Å². The molecule has 2 heterocycles. The quantitative estimate of drug-likeness (QED) is 0.765. The van der Waals surface area contributed by atoms with Gasteiger partial charge in [-0.25, -0.2) is 4.68 Å². The monoisotopic (exact) mass is 373 g/mol. The molecule has 2 aromatic heterocycles. The van der Waals surface area contributed by atoms with Crippen LogP contribution in [-0.2, 0) is 16.9 Å². The van der Waals surface area contributed by atoms with Crippen LogP contribution in [0.1, 0.15) is 26.5 Å². The van der Waals surface area contributed by atoms with Gasteiger partial charge in [-0.05, 0) is 45.9 Å². The maximum atomic E-state index is 12.9. The van der Waals surface area contributed by atoms with E-state index in [1.807, 2.05) is 20.8 Å². The fraction of sp³-hybridized carbons (Fsp3) is 0.333. The smallest absolute Gasteiger partial charge is 0.293 e. The number of fused-ring (bicyclic) bond motifs is 1. The second-order valence-corrected chi connectivity index (χ2v) is 7.53. The van der Waals surface area contributed by atoms with Crippen molar-refractivity contribution in [3.05, 3.63) is 51.5 Å². The van der Waals surface area contributed by atoms with Crippen molar-refractivity contribution in [2.24, 2.45) is 0 Å². The van der Waals surface area contributed by atoms with E-state index in [2.05, 4.69) is 15.5 Å². The largest absolute Gasteiger partial charge is 0.324 e. The first-order valence-corrected chi connectivity index (χ1v) is 8.56. The Balaban J connectivity index is 1.96. The molecule has 0 aliphatic rings. The number of rotatable bonds is 3. The van der Waals surface area contributed by atoms with E-state index in [0.717, 1.165) is 0 Å². The van der Waals surface area contributed by atoms with E-state index in [4.69, 9.17) is 11.6 Å². The molecule has 0 saturated carbocycles. The summed E-state index contributed by atoms with van der Waals surface area (Å²) in [7, 11) is 0. The summed E-state index contributed by atoms with van der Waals surface area (Å²) < 4.78 is 2.84. The summed E-state index contributed by atoms with van der Waals surface area (Å²) in [6.45, 7) is 7.49. The van der Waals surface area contributed by atoms with E-state index in [0.29, 0.717) is 27.3 Å². The van der Waals surface area contributed by atoms with Crippen molar-refractivity contribution in [3.63, 3.8) is 0 Å². The molecular weight excluding hydrogens is 354 g/mol. The molecule has 3 rings (SSSR count). The molecule has 1 N–H and O–H groups in total. The van der Waals surface area contributed by atoms with Gasteiger partial charge in [0.05, 0.1) is 17.4 Å². The fourth-order valence-electron chi connectivity index (χ4n) is 2.74. The first-order chi connectivity index (χ1) is 12.2. The standard InChI is InChI=1S/C18H20ClN5O2/c1-11-14-9-20-24(18(2,3)4)16(14)17(26)23(22-11)10-15(25)21-13-7-5-6-12(19)8-13/h5-9H,10H2,1-4H3,(H,21,25). The van der Waals surface area contributed by atoms with Gasteiger partial charge in [0.2, 0.25) is 5.91 Å². The number of amides is 1. The molecule has 3 aromatic rings. The summed E-state index contributed by atoms with van der Waals surface area (Å²) in [5.41, 5.74) is 0.939. The van der Waals surface area contributed by atoms with Crippen molar-refractivity contribution in [3.8, 4) is 0 Å². The summed E-state index contributed by atoms with van der Waals surface area (Å²) in [5.74, 6) is -0.359. The molecule has 0 aliphatic heterocycles. The van der Waals surface area contributed by atoms with Crippen molar-refractivity contribution in [1.29, 1.82) is 0 Å². The van der Waals surface area contributed by atoms with Gasteiger partial charge in [0, 0.05) is 16.1 Å². The number of nitrogens with zero attached hydrogens (tertiary/aromatic N) is 4. The highest BCUT2D eigenvalue weighted by molar-refractivity contribution is 6.30. The van der Waals surface area contributed by atoms with Gasteiger partial charge < -0.3 is 5.32 Å². The zero-order chi connectivity index (χ0) is 19.1. The number of benzene rings is 1. The summed E-state index contributed by atoms with van der Waals surface area (Å²) in [6.07, 6.45) is 1.64. The topological polar surface area (TPSA) is 81.8 Å². The highest BCUT2D eigenvalue weighted by Crippen LogP contribution is 2.20. The van der Waals surface area contributed by atoms with Crippen LogP contribution in [-0.4, -0.2) is 25.5 Å². The highest BCUT2D eigenvalue weighted by atomic mass is 35.5. The van der Waals surface area contributed by atoms with E-state index in [-0.39, 0.29) is 23.6 Å². The molecule has 0 bridgehead atoms. The molecule has 1 amide bonds. The van der Waals surface area contributed by atoms with Crippen molar-refractivity contribution in [2.45, 2.75) is 39.8 Å². The Kier molecular flexibility index (Phi) is 4.58. The maximum absolute atomic E-state index is 12.9. The number of aryl methyl sites for hydroxylation is 1. The third-order valence-electron chi connectivity index (χ3n) is 3.90. The van der Waals surface area contributed by atoms with Gasteiger partial charge in [-0.3, -0.25) is 14.3 Å². The van der Waals surface area contributed by atoms with Gasteiger partial charge >= 0.3 is 0 Å². The first kappa shape index (κ1) is 18.1. The highest BCUT2D eigenvalue weighted by Gasteiger charge is 2.22. The number of aromatic nitrogens is 4. The molecule has 8 heteroatoms. The van der Waals surface area contributed by atoms with Crippen molar-refractivity contribution in [1.82, 2.24) is 19.6 Å². The first-order valence-electron chi connectivity index (χ1n) is 8.18. The third kappa shape index (κ3) is 3.48. The summed E-state index contributed by atoms with van der Waals surface area (Å²) >= 11 is 5.92. The average Bonchev–Trinajstić information content (AvgIpc) is 2.98. The predicted molar refractivity (Wildman–Crippen MR) is 102 cm³/mol. The van der Waals surface area contributed by atoms with E-state index < -0.39 is 0 Å². The lowest BCUT2D eigenvalue weighted by Crippen LogP contribution is -2.33. The van der Waals surface area contributed by atoms with Crippen molar-refractivity contribution >= 4 is 34.1 Å². The van der Waals surface area contributed by atoms with Crippen LogP contribution in [0, 0.1) is 6.92 Å². The van der Waals surface area contributed by atoms with E-state index in [1.54, 1.807) is 42.1 Å². The lowest BCUT2D eigenvalue weighted by molar-refractivity contribution is -0.117. The third-order valence-corrected chi connectivity index (χ3v) is 4.14. The van der Waals surface area contributed by atoms with Crippen LogP contribution in [0.5, 0.6) is 0 Å². The Bertz CT molecular complexity index is 1050. The van der Waals surface area contributed by atoms with Crippen molar-refractivity contribution in [2.75, 3.05) is 5.32 Å². The van der Waals surface area contributed by atoms with Crippen LogP contribution < -0.4 is 10.9 Å². The molecule has 0 spiro atoms. The van der Waals surface area contributed by atoms with Crippen LogP contribution in [0.15, 0.2) is 35.3 Å². The van der Waals surface area contributed by atoms with Gasteiger partial charge in [-0.15, -0.1) is 0 Å². The molecule has 0 saturated heterocycles. The second-order valence-electron chi connectivity index (χ2n) is 7.10. The SMILES string of the molecule is Cc1nn(CC(=O)Nc2cccc(Cl)c2)c(=O)c2c1cnn2C(C)(C)C. The maximum Gasteiger partial charge on any atom is 0.293 e. The Hall–Kier alpha value is -2.67. The van der Waals surface area contributed by atoms with Crippen molar-refractivity contribution < 1.29 is 4.79 Å². The van der Waals surface area contributed by atoms with Crippen LogP contribution >= 0.6 is 11.6 Å². The molecule has 1 aromatic carbocycles. The molecule has 7 nitrogen and oxygen atoms in total. The summed E-state index contributed by atoms with van der Waals surface area (Å²) in [4.78, 5) is 25.2. The molecule has 0 atom stereocenters. The minimum absolute atomic E-state index is 0.197. The van der Waals surface area contributed by atoms with Gasteiger partial charge in [0.25, 0.3) is 5.56 Å². The number of carbonyl (C=O) groups excluding carboxylic acids is 1. The van der Waals surface area contributed by atoms with E-state index >= 15 is 0 Å². The minimum atomic E-state index is -0.365. The molecule has 136 valence electrons. The molecule has 0 aliphatic carbocycles. The summed E-state index contributed by atoms with van der Waals surface area (Å²) in [6, 6.07) is 6.82. The molecule has 0 fully saturated rings.